The van der Waals surface area contributed by atoms with Crippen LogP contribution in [0.2, 0.25) is 0 Å². The van der Waals surface area contributed by atoms with Crippen LogP contribution >= 0.6 is 11.6 Å². The van der Waals surface area contributed by atoms with Gasteiger partial charge in [0.25, 0.3) is 5.91 Å². The Bertz CT molecular complexity index is 464. The fourth-order valence-electron chi connectivity index (χ4n) is 2.47. The number of likely N-dealkylation sites (tertiary alicyclic amines) is 1. The number of carbonyl (C=O) groups is 1. The minimum atomic E-state index is -0.0427. The zero-order valence-electron chi connectivity index (χ0n) is 11.2. The summed E-state index contributed by atoms with van der Waals surface area (Å²) in [7, 11) is 3.10. The Balaban J connectivity index is 2.33. The summed E-state index contributed by atoms with van der Waals surface area (Å²) in [6.07, 6.45) is 1.96. The van der Waals surface area contributed by atoms with E-state index in [9.17, 15) is 4.79 Å². The maximum Gasteiger partial charge on any atom is 0.258 e. The van der Waals surface area contributed by atoms with Gasteiger partial charge in [0.15, 0.2) is 11.5 Å². The van der Waals surface area contributed by atoms with Crippen molar-refractivity contribution in [3.63, 3.8) is 0 Å². The number of amides is 1. The first-order valence-corrected chi connectivity index (χ1v) is 6.84. The van der Waals surface area contributed by atoms with Crippen molar-refractivity contribution in [1.29, 1.82) is 0 Å². The SMILES string of the molecule is COc1cccc(C(=O)N2CCCC2CCl)c1OC. The summed E-state index contributed by atoms with van der Waals surface area (Å²) in [5.74, 6) is 1.47. The molecule has 0 saturated carbocycles. The summed E-state index contributed by atoms with van der Waals surface area (Å²) >= 11 is 5.92. The van der Waals surface area contributed by atoms with E-state index in [1.54, 1.807) is 25.3 Å². The van der Waals surface area contributed by atoms with Gasteiger partial charge < -0.3 is 14.4 Å². The first-order chi connectivity index (χ1) is 9.22. The molecule has 1 saturated heterocycles. The molecule has 0 aromatic heterocycles. The smallest absolute Gasteiger partial charge is 0.258 e. The molecule has 1 fully saturated rings. The predicted molar refractivity (Wildman–Crippen MR) is 74.3 cm³/mol. The van der Waals surface area contributed by atoms with Crippen LogP contribution in [0.15, 0.2) is 18.2 Å². The van der Waals surface area contributed by atoms with Crippen molar-refractivity contribution >= 4 is 17.5 Å². The van der Waals surface area contributed by atoms with Crippen LogP contribution in [0.5, 0.6) is 11.5 Å². The van der Waals surface area contributed by atoms with Crippen LogP contribution in [0.1, 0.15) is 23.2 Å². The standard InChI is InChI=1S/C14H18ClNO3/c1-18-12-7-3-6-11(13(12)19-2)14(17)16-8-4-5-10(16)9-15/h3,6-7,10H,4-5,8-9H2,1-2H3. The van der Waals surface area contributed by atoms with Crippen LogP contribution in [0.25, 0.3) is 0 Å². The van der Waals surface area contributed by atoms with Crippen LogP contribution in [0.4, 0.5) is 0 Å². The first-order valence-electron chi connectivity index (χ1n) is 6.30. The Hall–Kier alpha value is -1.42. The Kier molecular flexibility index (Phi) is 4.53. The van der Waals surface area contributed by atoms with E-state index >= 15 is 0 Å². The van der Waals surface area contributed by atoms with Crippen molar-refractivity contribution in [3.05, 3.63) is 23.8 Å². The number of hydrogen-bond donors (Lipinski definition) is 0. The van der Waals surface area contributed by atoms with Crippen LogP contribution < -0.4 is 9.47 Å². The number of carbonyl (C=O) groups excluding carboxylic acids is 1. The average molecular weight is 284 g/mol. The van der Waals surface area contributed by atoms with Crippen molar-refractivity contribution in [2.75, 3.05) is 26.6 Å². The summed E-state index contributed by atoms with van der Waals surface area (Å²) in [4.78, 5) is 14.4. The van der Waals surface area contributed by atoms with Crippen molar-refractivity contribution in [3.8, 4) is 11.5 Å². The number of methoxy groups -OCH3 is 2. The summed E-state index contributed by atoms with van der Waals surface area (Å²) < 4.78 is 10.5. The largest absolute Gasteiger partial charge is 0.493 e. The van der Waals surface area contributed by atoms with Crippen LogP contribution in [-0.4, -0.2) is 43.5 Å². The highest BCUT2D eigenvalue weighted by Crippen LogP contribution is 2.33. The molecule has 1 atom stereocenters. The zero-order valence-corrected chi connectivity index (χ0v) is 11.9. The van der Waals surface area contributed by atoms with Gasteiger partial charge in [0.2, 0.25) is 0 Å². The number of alkyl halides is 1. The average Bonchev–Trinajstić information content (AvgIpc) is 2.93. The molecule has 5 heteroatoms. The van der Waals surface area contributed by atoms with Gasteiger partial charge in [-0.05, 0) is 25.0 Å². The van der Waals surface area contributed by atoms with Gasteiger partial charge in [-0.3, -0.25) is 4.79 Å². The molecular formula is C14H18ClNO3. The molecule has 2 rings (SSSR count). The van der Waals surface area contributed by atoms with Gasteiger partial charge >= 0.3 is 0 Å². The first kappa shape index (κ1) is 14.0. The molecule has 1 aromatic carbocycles. The molecule has 1 aliphatic heterocycles. The highest BCUT2D eigenvalue weighted by atomic mass is 35.5. The van der Waals surface area contributed by atoms with Crippen molar-refractivity contribution in [1.82, 2.24) is 4.90 Å². The van der Waals surface area contributed by atoms with E-state index < -0.39 is 0 Å². The van der Waals surface area contributed by atoms with Crippen molar-refractivity contribution < 1.29 is 14.3 Å². The lowest BCUT2D eigenvalue weighted by Crippen LogP contribution is -2.36. The van der Waals surface area contributed by atoms with E-state index in [1.807, 2.05) is 4.90 Å². The fourth-order valence-corrected chi connectivity index (χ4v) is 2.79. The molecular weight excluding hydrogens is 266 g/mol. The van der Waals surface area contributed by atoms with Gasteiger partial charge in [-0.1, -0.05) is 6.07 Å². The number of ether oxygens (including phenoxy) is 2. The van der Waals surface area contributed by atoms with Gasteiger partial charge in [0.05, 0.1) is 19.8 Å². The molecule has 1 unspecified atom stereocenters. The van der Waals surface area contributed by atoms with Gasteiger partial charge in [-0.15, -0.1) is 11.6 Å². The lowest BCUT2D eigenvalue weighted by molar-refractivity contribution is 0.0745. The monoisotopic (exact) mass is 283 g/mol. The minimum Gasteiger partial charge on any atom is -0.493 e. The van der Waals surface area contributed by atoms with E-state index in [4.69, 9.17) is 21.1 Å². The van der Waals surface area contributed by atoms with Crippen LogP contribution in [-0.2, 0) is 0 Å². The Labute approximate surface area is 118 Å². The third kappa shape index (κ3) is 2.63. The molecule has 0 N–H and O–H groups in total. The zero-order chi connectivity index (χ0) is 13.8. The van der Waals surface area contributed by atoms with Gasteiger partial charge in [0.1, 0.15) is 0 Å². The molecule has 4 nitrogen and oxygen atoms in total. The normalized spacial score (nSPS) is 18.5. The number of benzene rings is 1. The number of para-hydroxylation sites is 1. The molecule has 1 amide bonds. The van der Waals surface area contributed by atoms with Gasteiger partial charge in [0, 0.05) is 18.5 Å². The van der Waals surface area contributed by atoms with E-state index in [0.29, 0.717) is 22.9 Å². The molecule has 0 spiro atoms. The van der Waals surface area contributed by atoms with E-state index in [1.165, 1.54) is 7.11 Å². The Morgan fingerprint density at radius 2 is 2.21 bits per heavy atom. The second-order valence-corrected chi connectivity index (χ2v) is 4.80. The summed E-state index contributed by atoms with van der Waals surface area (Å²) in [6, 6.07) is 5.44. The van der Waals surface area contributed by atoms with Gasteiger partial charge in [-0.25, -0.2) is 0 Å². The quantitative estimate of drug-likeness (QED) is 0.797. The molecule has 19 heavy (non-hydrogen) atoms. The lowest BCUT2D eigenvalue weighted by atomic mass is 10.1. The maximum atomic E-state index is 12.6. The molecule has 0 radical (unpaired) electrons. The molecule has 1 heterocycles. The lowest BCUT2D eigenvalue weighted by Gasteiger charge is -2.24. The minimum absolute atomic E-state index is 0.0427. The topological polar surface area (TPSA) is 38.8 Å². The second-order valence-electron chi connectivity index (χ2n) is 4.49. The van der Waals surface area contributed by atoms with E-state index in [-0.39, 0.29) is 11.9 Å². The van der Waals surface area contributed by atoms with Crippen molar-refractivity contribution in [2.24, 2.45) is 0 Å². The number of rotatable bonds is 4. The van der Waals surface area contributed by atoms with Crippen LogP contribution in [0, 0.1) is 0 Å². The highest BCUT2D eigenvalue weighted by molar-refractivity contribution is 6.18. The summed E-state index contributed by atoms with van der Waals surface area (Å²) in [6.45, 7) is 0.747. The number of halogens is 1. The van der Waals surface area contributed by atoms with E-state index in [0.717, 1.165) is 19.4 Å². The Morgan fingerprint density at radius 3 is 2.84 bits per heavy atom. The van der Waals surface area contributed by atoms with Gasteiger partial charge in [-0.2, -0.15) is 0 Å². The number of hydrogen-bond acceptors (Lipinski definition) is 3. The summed E-state index contributed by atoms with van der Waals surface area (Å²) in [5, 5.41) is 0. The Morgan fingerprint density at radius 1 is 1.42 bits per heavy atom. The number of nitrogens with zero attached hydrogens (tertiary/aromatic N) is 1. The summed E-state index contributed by atoms with van der Waals surface area (Å²) in [5.41, 5.74) is 0.527. The maximum absolute atomic E-state index is 12.6. The molecule has 1 aliphatic rings. The molecule has 104 valence electrons. The third-order valence-corrected chi connectivity index (χ3v) is 3.81. The third-order valence-electron chi connectivity index (χ3n) is 3.45. The second kappa shape index (κ2) is 6.15. The molecule has 1 aromatic rings. The predicted octanol–water partition coefficient (Wildman–Crippen LogP) is 2.55. The van der Waals surface area contributed by atoms with Crippen molar-refractivity contribution in [2.45, 2.75) is 18.9 Å². The van der Waals surface area contributed by atoms with E-state index in [2.05, 4.69) is 0 Å². The van der Waals surface area contributed by atoms with Crippen LogP contribution in [0.3, 0.4) is 0 Å². The fraction of sp³-hybridized carbons (Fsp3) is 0.500. The molecule has 0 aliphatic carbocycles. The molecule has 0 bridgehead atoms. The highest BCUT2D eigenvalue weighted by Gasteiger charge is 2.30.